The smallest absolute Gasteiger partial charge is 0.407 e. The molecule has 6 nitrogen and oxygen atoms in total. The van der Waals surface area contributed by atoms with E-state index in [-0.39, 0.29) is 11.3 Å². The lowest BCUT2D eigenvalue weighted by Gasteiger charge is -2.33. The van der Waals surface area contributed by atoms with Crippen molar-refractivity contribution in [3.05, 3.63) is 58.4 Å². The average molecular weight is 443 g/mol. The van der Waals surface area contributed by atoms with E-state index in [1.165, 1.54) is 10.5 Å². The molecule has 4 rings (SSSR count). The maximum absolute atomic E-state index is 11.3. The van der Waals surface area contributed by atoms with Gasteiger partial charge in [-0.05, 0) is 36.0 Å². The first-order valence-electron chi connectivity index (χ1n) is 10.5. The van der Waals surface area contributed by atoms with Gasteiger partial charge >= 0.3 is 6.09 Å². The van der Waals surface area contributed by atoms with E-state index in [0.29, 0.717) is 30.6 Å². The fraction of sp³-hybridized carbons (Fsp3) is 0.417. The highest BCUT2D eigenvalue weighted by Crippen LogP contribution is 2.36. The molecule has 2 aromatic heterocycles. The fourth-order valence-electron chi connectivity index (χ4n) is 4.18. The minimum Gasteiger partial charge on any atom is -0.473 e. The number of likely N-dealkylation sites (tertiary alicyclic amines) is 1. The van der Waals surface area contributed by atoms with E-state index in [1.54, 1.807) is 6.26 Å². The molecule has 1 amide bonds. The number of hydrogen-bond acceptors (Lipinski definition) is 4. The maximum atomic E-state index is 11.3. The number of nitrogens with zero attached hydrogens (tertiary/aromatic N) is 2. The van der Waals surface area contributed by atoms with E-state index >= 15 is 0 Å². The Morgan fingerprint density at radius 1 is 1.23 bits per heavy atom. The Hall–Kier alpha value is -2.73. The van der Waals surface area contributed by atoms with Crippen LogP contribution < -0.4 is 4.74 Å². The summed E-state index contributed by atoms with van der Waals surface area (Å²) < 4.78 is 11.6. The highest BCUT2D eigenvalue weighted by Gasteiger charge is 2.29. The molecule has 164 valence electrons. The van der Waals surface area contributed by atoms with Crippen LogP contribution in [0, 0.1) is 0 Å². The zero-order valence-corrected chi connectivity index (χ0v) is 18.8. The lowest BCUT2D eigenvalue weighted by molar-refractivity contribution is 0.131. The van der Waals surface area contributed by atoms with E-state index in [4.69, 9.17) is 25.7 Å². The normalized spacial score (nSPS) is 15.4. The van der Waals surface area contributed by atoms with Crippen molar-refractivity contribution < 1.29 is 19.1 Å². The highest BCUT2D eigenvalue weighted by atomic mass is 35.5. The summed E-state index contributed by atoms with van der Waals surface area (Å²) in [5.74, 6) is 0.763. The van der Waals surface area contributed by atoms with Gasteiger partial charge in [0, 0.05) is 36.0 Å². The number of benzene rings is 1. The zero-order chi connectivity index (χ0) is 22.2. The molecule has 0 bridgehead atoms. The van der Waals surface area contributed by atoms with Gasteiger partial charge in [-0.2, -0.15) is 0 Å². The third-order valence-electron chi connectivity index (χ3n) is 5.88. The predicted molar refractivity (Wildman–Crippen MR) is 120 cm³/mol. The topological polar surface area (TPSA) is 75.8 Å². The lowest BCUT2D eigenvalue weighted by Crippen LogP contribution is -2.37. The van der Waals surface area contributed by atoms with Gasteiger partial charge in [-0.15, -0.1) is 0 Å². The molecule has 0 aliphatic carbocycles. The Bertz CT molecular complexity index is 1090. The third kappa shape index (κ3) is 4.49. The van der Waals surface area contributed by atoms with Crippen molar-refractivity contribution in [3.63, 3.8) is 0 Å². The monoisotopic (exact) mass is 442 g/mol. The number of carboxylic acid groups (broad SMARTS) is 1. The second-order valence-electron chi connectivity index (χ2n) is 9.03. The third-order valence-corrected chi connectivity index (χ3v) is 6.21. The van der Waals surface area contributed by atoms with Crippen molar-refractivity contribution in [1.82, 2.24) is 9.88 Å². The number of hydrogen-bond donors (Lipinski definition) is 1. The number of amides is 1. The molecule has 7 heteroatoms. The summed E-state index contributed by atoms with van der Waals surface area (Å²) >= 11 is 6.23. The van der Waals surface area contributed by atoms with Crippen molar-refractivity contribution >= 4 is 28.7 Å². The van der Waals surface area contributed by atoms with E-state index in [2.05, 4.69) is 26.8 Å². The van der Waals surface area contributed by atoms with Crippen molar-refractivity contribution in [2.45, 2.75) is 51.6 Å². The van der Waals surface area contributed by atoms with Gasteiger partial charge in [-0.25, -0.2) is 9.78 Å². The van der Waals surface area contributed by atoms with Gasteiger partial charge in [0.2, 0.25) is 5.88 Å². The van der Waals surface area contributed by atoms with E-state index < -0.39 is 6.09 Å². The van der Waals surface area contributed by atoms with Crippen LogP contribution >= 0.6 is 11.6 Å². The van der Waals surface area contributed by atoms with Gasteiger partial charge in [0.05, 0.1) is 17.0 Å². The lowest BCUT2D eigenvalue weighted by atomic mass is 9.80. The Kier molecular flexibility index (Phi) is 5.84. The first-order valence-corrected chi connectivity index (χ1v) is 10.9. The van der Waals surface area contributed by atoms with Crippen LogP contribution in [-0.2, 0) is 12.0 Å². The minimum atomic E-state index is -0.855. The highest BCUT2D eigenvalue weighted by molar-refractivity contribution is 6.35. The molecule has 3 heterocycles. The molecule has 1 aliphatic rings. The van der Waals surface area contributed by atoms with E-state index in [9.17, 15) is 9.90 Å². The Labute approximate surface area is 186 Å². The molecule has 0 unspecified atom stereocenters. The first-order chi connectivity index (χ1) is 14.7. The first kappa shape index (κ1) is 21.5. The molecule has 31 heavy (non-hydrogen) atoms. The Morgan fingerprint density at radius 3 is 2.65 bits per heavy atom. The van der Waals surface area contributed by atoms with Crippen LogP contribution in [0.5, 0.6) is 5.88 Å². The molecule has 0 saturated carbocycles. The van der Waals surface area contributed by atoms with Gasteiger partial charge in [0.15, 0.2) is 0 Å². The number of furan rings is 1. The zero-order valence-electron chi connectivity index (χ0n) is 18.0. The summed E-state index contributed by atoms with van der Waals surface area (Å²) in [5.41, 5.74) is 3.74. The molecule has 1 aliphatic heterocycles. The maximum Gasteiger partial charge on any atom is 0.407 e. The summed E-state index contributed by atoms with van der Waals surface area (Å²) in [6.45, 7) is 7.88. The Balaban J connectivity index is 1.58. The SMILES string of the molecule is CC(C)(C)c1ccc(OCc2ccc(Cl)c3ccoc23)nc1C1CCN(C(=O)O)CC1. The molecule has 3 aromatic rings. The van der Waals surface area contributed by atoms with Crippen LogP contribution in [0.15, 0.2) is 41.0 Å². The van der Waals surface area contributed by atoms with Crippen molar-refractivity contribution in [2.75, 3.05) is 13.1 Å². The molecule has 1 N–H and O–H groups in total. The largest absolute Gasteiger partial charge is 0.473 e. The van der Waals surface area contributed by atoms with Crippen LogP contribution in [-0.4, -0.2) is 34.2 Å². The number of piperidine rings is 1. The molecule has 0 spiro atoms. The average Bonchev–Trinajstić information content (AvgIpc) is 3.23. The molecule has 1 saturated heterocycles. The number of rotatable bonds is 4. The van der Waals surface area contributed by atoms with Gasteiger partial charge in [-0.3, -0.25) is 0 Å². The fourth-order valence-corrected chi connectivity index (χ4v) is 4.39. The number of ether oxygens (including phenoxy) is 1. The summed E-state index contributed by atoms with van der Waals surface area (Å²) in [7, 11) is 0. The predicted octanol–water partition coefficient (Wildman–Crippen LogP) is 6.22. The molecular weight excluding hydrogens is 416 g/mol. The number of aromatic nitrogens is 1. The molecule has 1 aromatic carbocycles. The summed E-state index contributed by atoms with van der Waals surface area (Å²) in [6, 6.07) is 9.59. The summed E-state index contributed by atoms with van der Waals surface area (Å²) in [5, 5.41) is 10.8. The van der Waals surface area contributed by atoms with Crippen molar-refractivity contribution in [3.8, 4) is 5.88 Å². The van der Waals surface area contributed by atoms with Crippen LogP contribution in [0.4, 0.5) is 4.79 Å². The molecule has 0 atom stereocenters. The van der Waals surface area contributed by atoms with Gasteiger partial charge in [0.1, 0.15) is 12.2 Å². The second-order valence-corrected chi connectivity index (χ2v) is 9.44. The second kappa shape index (κ2) is 8.42. The standard InChI is InChI=1S/C24H27ClN2O4/c1-24(2,3)18-5-7-20(26-21(18)15-8-11-27(12-9-15)23(28)29)31-14-16-4-6-19(25)17-10-13-30-22(16)17/h4-7,10,13,15H,8-9,11-12,14H2,1-3H3,(H,28,29). The van der Waals surface area contributed by atoms with Crippen LogP contribution in [0.3, 0.4) is 0 Å². The molecular formula is C24H27ClN2O4. The van der Waals surface area contributed by atoms with Crippen molar-refractivity contribution in [1.29, 1.82) is 0 Å². The minimum absolute atomic E-state index is 0.0681. The quantitative estimate of drug-likeness (QED) is 0.519. The molecule has 1 fully saturated rings. The van der Waals surface area contributed by atoms with Crippen molar-refractivity contribution in [2.24, 2.45) is 0 Å². The summed E-state index contributed by atoms with van der Waals surface area (Å²) in [6.07, 6.45) is 2.29. The Morgan fingerprint density at radius 2 is 1.97 bits per heavy atom. The molecule has 0 radical (unpaired) electrons. The van der Waals surface area contributed by atoms with E-state index in [0.717, 1.165) is 35.1 Å². The van der Waals surface area contributed by atoms with Gasteiger partial charge < -0.3 is 19.2 Å². The van der Waals surface area contributed by atoms with Crippen LogP contribution in [0.1, 0.15) is 56.4 Å². The van der Waals surface area contributed by atoms with Gasteiger partial charge in [-0.1, -0.05) is 44.5 Å². The van der Waals surface area contributed by atoms with Crippen LogP contribution in [0.25, 0.3) is 11.0 Å². The number of carbonyl (C=O) groups is 1. The summed E-state index contributed by atoms with van der Waals surface area (Å²) in [4.78, 5) is 17.6. The van der Waals surface area contributed by atoms with E-state index in [1.807, 2.05) is 24.3 Å². The number of pyridine rings is 1. The number of halogens is 1. The van der Waals surface area contributed by atoms with Gasteiger partial charge in [0.25, 0.3) is 0 Å². The van der Waals surface area contributed by atoms with Crippen LogP contribution in [0.2, 0.25) is 5.02 Å². The number of fused-ring (bicyclic) bond motifs is 1.